The second kappa shape index (κ2) is 6.10. The summed E-state index contributed by atoms with van der Waals surface area (Å²) in [5.74, 6) is 0. The van der Waals surface area contributed by atoms with Gasteiger partial charge in [0.1, 0.15) is 0 Å². The lowest BCUT2D eigenvalue weighted by molar-refractivity contribution is 0.824. The normalized spacial score (nSPS) is 12.5. The van der Waals surface area contributed by atoms with Gasteiger partial charge < -0.3 is 0 Å². The van der Waals surface area contributed by atoms with Crippen molar-refractivity contribution < 1.29 is 0 Å². The van der Waals surface area contributed by atoms with Crippen molar-refractivity contribution in [3.05, 3.63) is 71.6 Å². The first-order valence-corrected chi connectivity index (χ1v) is 6.38. The van der Waals surface area contributed by atoms with Crippen molar-refractivity contribution in [1.82, 2.24) is 4.98 Å². The van der Waals surface area contributed by atoms with Crippen LogP contribution in [-0.4, -0.2) is 11.2 Å². The van der Waals surface area contributed by atoms with Crippen LogP contribution >= 0.6 is 0 Å². The highest BCUT2D eigenvalue weighted by atomic mass is 14.8. The van der Waals surface area contributed by atoms with E-state index in [2.05, 4.69) is 47.7 Å². The van der Waals surface area contributed by atoms with Crippen LogP contribution in [0, 0.1) is 6.92 Å². The van der Waals surface area contributed by atoms with Crippen molar-refractivity contribution >= 4 is 12.3 Å². The third kappa shape index (κ3) is 3.62. The highest BCUT2D eigenvalue weighted by Gasteiger charge is 2.01. The van der Waals surface area contributed by atoms with Crippen LogP contribution in [0.3, 0.4) is 0 Å². The summed E-state index contributed by atoms with van der Waals surface area (Å²) in [7, 11) is 0. The Kier molecular flexibility index (Phi) is 4.24. The summed E-state index contributed by atoms with van der Waals surface area (Å²) in [5.41, 5.74) is 4.22. The molecule has 1 heterocycles. The zero-order valence-corrected chi connectivity index (χ0v) is 11.4. The van der Waals surface area contributed by atoms with E-state index in [1.165, 1.54) is 5.56 Å². The van der Waals surface area contributed by atoms with Crippen LogP contribution in [0.25, 0.3) is 6.08 Å². The molecule has 96 valence electrons. The summed E-state index contributed by atoms with van der Waals surface area (Å²) in [6.07, 6.45) is 3.67. The summed E-state index contributed by atoms with van der Waals surface area (Å²) in [4.78, 5) is 8.95. The quantitative estimate of drug-likeness (QED) is 0.746. The van der Waals surface area contributed by atoms with Gasteiger partial charge in [-0.15, -0.1) is 0 Å². The van der Waals surface area contributed by atoms with Crippen molar-refractivity contribution in [3.8, 4) is 0 Å². The highest BCUT2D eigenvalue weighted by Crippen LogP contribution is 2.17. The predicted molar refractivity (Wildman–Crippen MR) is 81.5 cm³/mol. The number of hydrogen-bond acceptors (Lipinski definition) is 2. The van der Waals surface area contributed by atoms with Crippen LogP contribution in [0.15, 0.2) is 54.0 Å². The van der Waals surface area contributed by atoms with E-state index < -0.39 is 0 Å². The second-order valence-electron chi connectivity index (χ2n) is 4.53. The number of nitrogens with zero attached hydrogens (tertiary/aromatic N) is 2. The van der Waals surface area contributed by atoms with Gasteiger partial charge in [-0.1, -0.05) is 43.0 Å². The molecule has 0 fully saturated rings. The fourth-order valence-corrected chi connectivity index (χ4v) is 1.82. The summed E-state index contributed by atoms with van der Waals surface area (Å²) in [6, 6.07) is 14.3. The van der Waals surface area contributed by atoms with E-state index in [4.69, 9.17) is 0 Å². The highest BCUT2D eigenvalue weighted by molar-refractivity contribution is 5.77. The topological polar surface area (TPSA) is 25.2 Å². The maximum absolute atomic E-state index is 4.55. The molecule has 0 aliphatic carbocycles. The smallest absolute Gasteiger partial charge is 0.0811 e. The maximum Gasteiger partial charge on any atom is 0.0811 e. The molecule has 0 aliphatic rings. The Hall–Kier alpha value is -2.22. The van der Waals surface area contributed by atoms with E-state index in [9.17, 15) is 0 Å². The summed E-state index contributed by atoms with van der Waals surface area (Å²) < 4.78 is 0. The van der Waals surface area contributed by atoms with Crippen molar-refractivity contribution in [3.63, 3.8) is 0 Å². The molecule has 2 nitrogen and oxygen atoms in total. The Labute approximate surface area is 114 Å². The SMILES string of the molecule is C=Cc1ccc([C@@H](C)N=Cc2cccc(C)n2)cc1. The molecule has 2 heteroatoms. The van der Waals surface area contributed by atoms with Gasteiger partial charge in [0.25, 0.3) is 0 Å². The van der Waals surface area contributed by atoms with E-state index in [1.807, 2.05) is 37.4 Å². The van der Waals surface area contributed by atoms with Gasteiger partial charge in [0.15, 0.2) is 0 Å². The van der Waals surface area contributed by atoms with Gasteiger partial charge in [0.2, 0.25) is 0 Å². The van der Waals surface area contributed by atoms with Crippen molar-refractivity contribution in [2.75, 3.05) is 0 Å². The molecule has 0 aliphatic heterocycles. The monoisotopic (exact) mass is 250 g/mol. The first-order chi connectivity index (χ1) is 9.19. The third-order valence-corrected chi connectivity index (χ3v) is 2.99. The molecule has 0 saturated carbocycles. The maximum atomic E-state index is 4.55. The largest absolute Gasteiger partial charge is 0.283 e. The molecule has 0 saturated heterocycles. The van der Waals surface area contributed by atoms with Crippen LogP contribution in [0.4, 0.5) is 0 Å². The van der Waals surface area contributed by atoms with Crippen LogP contribution in [0.1, 0.15) is 35.5 Å². The first kappa shape index (κ1) is 13.2. The van der Waals surface area contributed by atoms with Crippen molar-refractivity contribution in [1.29, 1.82) is 0 Å². The Morgan fingerprint density at radius 2 is 1.89 bits per heavy atom. The lowest BCUT2D eigenvalue weighted by Crippen LogP contribution is -1.94. The number of rotatable bonds is 4. The third-order valence-electron chi connectivity index (χ3n) is 2.99. The van der Waals surface area contributed by atoms with Gasteiger partial charge >= 0.3 is 0 Å². The number of benzene rings is 1. The van der Waals surface area contributed by atoms with Gasteiger partial charge in [-0.25, -0.2) is 0 Å². The van der Waals surface area contributed by atoms with Gasteiger partial charge in [-0.2, -0.15) is 0 Å². The first-order valence-electron chi connectivity index (χ1n) is 6.38. The van der Waals surface area contributed by atoms with Gasteiger partial charge in [-0.05, 0) is 37.1 Å². The molecule has 0 N–H and O–H groups in total. The second-order valence-corrected chi connectivity index (χ2v) is 4.53. The molecular weight excluding hydrogens is 232 g/mol. The molecule has 19 heavy (non-hydrogen) atoms. The zero-order valence-electron chi connectivity index (χ0n) is 11.4. The van der Waals surface area contributed by atoms with E-state index in [1.54, 1.807) is 0 Å². The molecule has 1 aromatic carbocycles. The minimum Gasteiger partial charge on any atom is -0.283 e. The lowest BCUT2D eigenvalue weighted by Gasteiger charge is -2.06. The molecule has 0 unspecified atom stereocenters. The van der Waals surface area contributed by atoms with Crippen molar-refractivity contribution in [2.24, 2.45) is 4.99 Å². The van der Waals surface area contributed by atoms with Crippen LogP contribution in [-0.2, 0) is 0 Å². The molecule has 0 spiro atoms. The van der Waals surface area contributed by atoms with Crippen LogP contribution in [0.2, 0.25) is 0 Å². The number of aryl methyl sites for hydroxylation is 1. The minimum atomic E-state index is 0.126. The zero-order chi connectivity index (χ0) is 13.7. The van der Waals surface area contributed by atoms with E-state index in [0.29, 0.717) is 0 Å². The molecule has 0 radical (unpaired) electrons. The standard InChI is InChI=1S/C17H18N2/c1-4-15-8-10-16(11-9-15)14(3)18-12-17-7-5-6-13(2)19-17/h4-12,14H,1H2,2-3H3/t14-/m1/s1. The number of aromatic nitrogens is 1. The van der Waals surface area contributed by atoms with Crippen LogP contribution < -0.4 is 0 Å². The average Bonchev–Trinajstić information content (AvgIpc) is 2.45. The number of aliphatic imine (C=N–C) groups is 1. The Bertz CT molecular complexity index is 582. The number of hydrogen-bond donors (Lipinski definition) is 0. The molecule has 0 bridgehead atoms. The molecule has 2 rings (SSSR count). The predicted octanol–water partition coefficient (Wildman–Crippen LogP) is 4.21. The Morgan fingerprint density at radius 1 is 1.16 bits per heavy atom. The summed E-state index contributed by atoms with van der Waals surface area (Å²) in [6.45, 7) is 7.81. The van der Waals surface area contributed by atoms with E-state index >= 15 is 0 Å². The Morgan fingerprint density at radius 3 is 2.53 bits per heavy atom. The Balaban J connectivity index is 2.11. The van der Waals surface area contributed by atoms with Gasteiger partial charge in [0.05, 0.1) is 11.7 Å². The fraction of sp³-hybridized carbons (Fsp3) is 0.176. The van der Waals surface area contributed by atoms with Crippen molar-refractivity contribution in [2.45, 2.75) is 19.9 Å². The molecule has 1 aromatic heterocycles. The summed E-state index contributed by atoms with van der Waals surface area (Å²) in [5, 5.41) is 0. The van der Waals surface area contributed by atoms with Gasteiger partial charge in [-0.3, -0.25) is 9.98 Å². The number of pyridine rings is 1. The fourth-order valence-electron chi connectivity index (χ4n) is 1.82. The van der Waals surface area contributed by atoms with Gasteiger partial charge in [0, 0.05) is 11.9 Å². The molecular formula is C17H18N2. The van der Waals surface area contributed by atoms with E-state index in [0.717, 1.165) is 17.0 Å². The molecule has 2 aromatic rings. The molecule has 0 amide bonds. The van der Waals surface area contributed by atoms with Crippen LogP contribution in [0.5, 0.6) is 0 Å². The summed E-state index contributed by atoms with van der Waals surface area (Å²) >= 11 is 0. The van der Waals surface area contributed by atoms with E-state index in [-0.39, 0.29) is 6.04 Å². The molecule has 1 atom stereocenters. The lowest BCUT2D eigenvalue weighted by atomic mass is 10.1. The average molecular weight is 250 g/mol. The minimum absolute atomic E-state index is 0.126.